The fourth-order valence-electron chi connectivity index (χ4n) is 1.95. The minimum absolute atomic E-state index is 0.296. The van der Waals surface area contributed by atoms with Crippen LogP contribution >= 0.6 is 11.6 Å². The first-order valence-electron chi connectivity index (χ1n) is 6.29. The Labute approximate surface area is 121 Å². The summed E-state index contributed by atoms with van der Waals surface area (Å²) in [6.07, 6.45) is 2.72. The van der Waals surface area contributed by atoms with Crippen molar-refractivity contribution in [1.82, 2.24) is 30.9 Å². The van der Waals surface area contributed by atoms with Gasteiger partial charge < -0.3 is 5.32 Å². The molecule has 7 nitrogen and oxygen atoms in total. The van der Waals surface area contributed by atoms with Crippen molar-refractivity contribution in [3.05, 3.63) is 34.9 Å². The molecule has 0 radical (unpaired) electrons. The molecule has 0 aliphatic carbocycles. The molecule has 0 aliphatic heterocycles. The van der Waals surface area contributed by atoms with Crippen LogP contribution in [0.4, 0.5) is 0 Å². The molecule has 8 heteroatoms. The Morgan fingerprint density at radius 3 is 2.65 bits per heavy atom. The second-order valence-corrected chi connectivity index (χ2v) is 4.78. The van der Waals surface area contributed by atoms with Gasteiger partial charge in [-0.05, 0) is 25.0 Å². The molecule has 20 heavy (non-hydrogen) atoms. The molecule has 0 fully saturated rings. The van der Waals surface area contributed by atoms with Crippen LogP contribution in [0.2, 0.25) is 5.02 Å². The molecule has 0 aromatic carbocycles. The highest BCUT2D eigenvalue weighted by Crippen LogP contribution is 2.25. The van der Waals surface area contributed by atoms with E-state index in [1.165, 1.54) is 6.20 Å². The van der Waals surface area contributed by atoms with E-state index in [1.807, 2.05) is 13.8 Å². The summed E-state index contributed by atoms with van der Waals surface area (Å²) in [5.41, 5.74) is -0.366. The molecule has 2 aromatic heterocycles. The van der Waals surface area contributed by atoms with E-state index in [1.54, 1.807) is 12.1 Å². The maximum atomic E-state index is 12.3. The lowest BCUT2D eigenvalue weighted by Crippen LogP contribution is -2.46. The minimum Gasteiger partial charge on any atom is -0.338 e. The van der Waals surface area contributed by atoms with E-state index in [0.29, 0.717) is 29.4 Å². The van der Waals surface area contributed by atoms with Crippen LogP contribution in [-0.4, -0.2) is 31.5 Å². The Hall–Kier alpha value is -2.02. The average molecular weight is 295 g/mol. The summed E-state index contributed by atoms with van der Waals surface area (Å²) in [5.74, 6) is 0.167. The third-order valence-corrected chi connectivity index (χ3v) is 3.52. The number of halogens is 1. The third kappa shape index (κ3) is 2.77. The van der Waals surface area contributed by atoms with Gasteiger partial charge in [-0.2, -0.15) is 5.21 Å². The molecule has 0 aliphatic rings. The first-order chi connectivity index (χ1) is 9.61. The van der Waals surface area contributed by atoms with E-state index in [2.05, 4.69) is 30.9 Å². The van der Waals surface area contributed by atoms with Gasteiger partial charge in [-0.3, -0.25) is 4.79 Å². The molecule has 0 saturated heterocycles. The smallest absolute Gasteiger partial charge is 0.270 e. The number of tetrazole rings is 1. The molecule has 106 valence electrons. The highest BCUT2D eigenvalue weighted by atomic mass is 35.5. The molecule has 2 rings (SSSR count). The van der Waals surface area contributed by atoms with Crippen LogP contribution in [0.5, 0.6) is 0 Å². The van der Waals surface area contributed by atoms with Gasteiger partial charge in [-0.15, -0.1) is 10.2 Å². The van der Waals surface area contributed by atoms with Crippen LogP contribution in [0, 0.1) is 0 Å². The number of pyridine rings is 1. The predicted octanol–water partition coefficient (Wildman–Crippen LogP) is 1.69. The van der Waals surface area contributed by atoms with E-state index in [0.717, 1.165) is 0 Å². The second kappa shape index (κ2) is 5.96. The minimum atomic E-state index is -0.661. The number of aromatic amines is 1. The first-order valence-corrected chi connectivity index (χ1v) is 6.67. The first kappa shape index (κ1) is 14.4. The molecule has 0 bridgehead atoms. The normalized spacial score (nSPS) is 11.3. The number of H-pyrrole nitrogens is 1. The van der Waals surface area contributed by atoms with Gasteiger partial charge in [0.25, 0.3) is 5.91 Å². The molecule has 0 saturated carbocycles. The van der Waals surface area contributed by atoms with Crippen molar-refractivity contribution in [1.29, 1.82) is 0 Å². The van der Waals surface area contributed by atoms with Crippen molar-refractivity contribution in [2.75, 3.05) is 0 Å². The summed E-state index contributed by atoms with van der Waals surface area (Å²) in [4.78, 5) is 16.3. The maximum absolute atomic E-state index is 12.3. The van der Waals surface area contributed by atoms with Crippen molar-refractivity contribution in [2.45, 2.75) is 32.2 Å². The van der Waals surface area contributed by atoms with Crippen LogP contribution in [-0.2, 0) is 5.54 Å². The Balaban J connectivity index is 2.25. The van der Waals surface area contributed by atoms with Crippen molar-refractivity contribution < 1.29 is 4.79 Å². The van der Waals surface area contributed by atoms with E-state index < -0.39 is 5.54 Å². The summed E-state index contributed by atoms with van der Waals surface area (Å²) < 4.78 is 0. The number of carbonyl (C=O) groups is 1. The molecule has 2 N–H and O–H groups in total. The zero-order valence-electron chi connectivity index (χ0n) is 11.2. The van der Waals surface area contributed by atoms with E-state index in [9.17, 15) is 4.79 Å². The van der Waals surface area contributed by atoms with Crippen LogP contribution in [0.25, 0.3) is 0 Å². The molecular formula is C12H15ClN6O. The van der Waals surface area contributed by atoms with Gasteiger partial charge in [-0.1, -0.05) is 30.7 Å². The quantitative estimate of drug-likeness (QED) is 0.875. The number of nitrogens with one attached hydrogen (secondary N) is 2. The van der Waals surface area contributed by atoms with Crippen LogP contribution in [0.15, 0.2) is 18.3 Å². The molecule has 2 aromatic rings. The second-order valence-electron chi connectivity index (χ2n) is 4.34. The van der Waals surface area contributed by atoms with E-state index >= 15 is 0 Å². The molecule has 0 unspecified atom stereocenters. The largest absolute Gasteiger partial charge is 0.338 e. The Morgan fingerprint density at radius 2 is 2.15 bits per heavy atom. The van der Waals surface area contributed by atoms with E-state index in [4.69, 9.17) is 11.6 Å². The summed E-state index contributed by atoms with van der Waals surface area (Å²) >= 11 is 5.76. The highest BCUT2D eigenvalue weighted by molar-refractivity contribution is 6.30. The van der Waals surface area contributed by atoms with Gasteiger partial charge in [0.1, 0.15) is 11.2 Å². The summed E-state index contributed by atoms with van der Waals surface area (Å²) in [6, 6.07) is 3.20. The highest BCUT2D eigenvalue weighted by Gasteiger charge is 2.35. The van der Waals surface area contributed by atoms with Crippen LogP contribution < -0.4 is 5.32 Å². The molecule has 1 amide bonds. The number of aromatic nitrogens is 5. The van der Waals surface area contributed by atoms with Crippen molar-refractivity contribution >= 4 is 17.5 Å². The summed E-state index contributed by atoms with van der Waals surface area (Å²) in [7, 11) is 0. The molecule has 0 spiro atoms. The maximum Gasteiger partial charge on any atom is 0.270 e. The van der Waals surface area contributed by atoms with Gasteiger partial charge in [-0.25, -0.2) is 4.98 Å². The zero-order valence-corrected chi connectivity index (χ0v) is 12.0. The molecular weight excluding hydrogens is 280 g/mol. The number of rotatable bonds is 5. The van der Waals surface area contributed by atoms with E-state index in [-0.39, 0.29) is 5.91 Å². The lowest BCUT2D eigenvalue weighted by molar-refractivity contribution is 0.0878. The fourth-order valence-corrected chi connectivity index (χ4v) is 2.07. The lowest BCUT2D eigenvalue weighted by atomic mass is 9.91. The summed E-state index contributed by atoms with van der Waals surface area (Å²) in [6.45, 7) is 3.91. The lowest BCUT2D eigenvalue weighted by Gasteiger charge is -2.29. The van der Waals surface area contributed by atoms with Crippen molar-refractivity contribution in [3.63, 3.8) is 0 Å². The fraction of sp³-hybridized carbons (Fsp3) is 0.417. The van der Waals surface area contributed by atoms with Gasteiger partial charge in [0, 0.05) is 6.20 Å². The van der Waals surface area contributed by atoms with Crippen LogP contribution in [0.1, 0.15) is 43.0 Å². The third-order valence-electron chi connectivity index (χ3n) is 3.29. The number of carbonyl (C=O) groups excluding carboxylic acids is 1. The van der Waals surface area contributed by atoms with Gasteiger partial charge in [0.15, 0.2) is 5.82 Å². The Bertz CT molecular complexity index is 564. The number of nitrogens with zero attached hydrogens (tertiary/aromatic N) is 4. The molecule has 2 heterocycles. The summed E-state index contributed by atoms with van der Waals surface area (Å²) in [5, 5.41) is 17.4. The number of hydrogen-bond donors (Lipinski definition) is 2. The standard InChI is InChI=1S/C12H15ClN6O/c1-3-12(4-2,11-16-18-19-17-11)15-10(20)9-6-5-8(13)7-14-9/h5-7H,3-4H2,1-2H3,(H,15,20)(H,16,17,18,19). The van der Waals surface area contributed by atoms with Gasteiger partial charge in [0.2, 0.25) is 0 Å². The van der Waals surface area contributed by atoms with Crippen molar-refractivity contribution in [3.8, 4) is 0 Å². The Morgan fingerprint density at radius 1 is 1.40 bits per heavy atom. The Kier molecular flexibility index (Phi) is 4.29. The van der Waals surface area contributed by atoms with Crippen molar-refractivity contribution in [2.24, 2.45) is 0 Å². The average Bonchev–Trinajstić information content (AvgIpc) is 3.00. The number of hydrogen-bond acceptors (Lipinski definition) is 5. The SMILES string of the molecule is CCC(CC)(NC(=O)c1ccc(Cl)cn1)c1nn[nH]n1. The topological polar surface area (TPSA) is 96.5 Å². The predicted molar refractivity (Wildman–Crippen MR) is 73.2 cm³/mol. The zero-order chi connectivity index (χ0) is 14.6. The number of amides is 1. The van der Waals surface area contributed by atoms with Gasteiger partial charge >= 0.3 is 0 Å². The molecule has 0 atom stereocenters. The monoisotopic (exact) mass is 294 g/mol. The van der Waals surface area contributed by atoms with Crippen LogP contribution in [0.3, 0.4) is 0 Å². The van der Waals surface area contributed by atoms with Gasteiger partial charge in [0.05, 0.1) is 5.02 Å².